The molecule has 0 saturated heterocycles. The Kier molecular flexibility index (Phi) is 3.51. The summed E-state index contributed by atoms with van der Waals surface area (Å²) < 4.78 is 54.2. The van der Waals surface area contributed by atoms with Crippen LogP contribution in [-0.4, -0.2) is 27.6 Å². The van der Waals surface area contributed by atoms with E-state index in [1.54, 1.807) is 0 Å². The van der Waals surface area contributed by atoms with Gasteiger partial charge in [0.1, 0.15) is 10.7 Å². The summed E-state index contributed by atoms with van der Waals surface area (Å²) in [5, 5.41) is 0. The van der Waals surface area contributed by atoms with Crippen LogP contribution in [0.4, 0.5) is 8.78 Å². The Bertz CT molecular complexity index is 578. The molecule has 0 amide bonds. The molecule has 7 heteroatoms. The highest BCUT2D eigenvalue weighted by Gasteiger charge is 2.27. The van der Waals surface area contributed by atoms with Crippen LogP contribution in [0.3, 0.4) is 0 Å². The van der Waals surface area contributed by atoms with Crippen LogP contribution in [-0.2, 0) is 9.84 Å². The van der Waals surface area contributed by atoms with Gasteiger partial charge in [-0.15, -0.1) is 0 Å². The van der Waals surface area contributed by atoms with E-state index >= 15 is 0 Å². The van der Waals surface area contributed by atoms with Crippen LogP contribution in [0.5, 0.6) is 5.75 Å². The highest BCUT2D eigenvalue weighted by atomic mass is 32.2. The van der Waals surface area contributed by atoms with Gasteiger partial charge in [-0.3, -0.25) is 4.79 Å². The molecule has 0 unspecified atom stereocenters. The van der Waals surface area contributed by atoms with Crippen molar-refractivity contribution >= 4 is 15.6 Å². The maximum atomic E-state index is 13.8. The predicted octanol–water partition coefficient (Wildman–Crippen LogP) is 1.58. The largest absolute Gasteiger partial charge is 0.493 e. The second kappa shape index (κ2) is 4.40. The second-order valence-corrected chi connectivity index (χ2v) is 5.36. The molecular weight excluding hydrogens is 254 g/mol. The number of halogens is 2. The fourth-order valence-corrected chi connectivity index (χ4v) is 2.22. The van der Waals surface area contributed by atoms with E-state index in [1.165, 1.54) is 0 Å². The van der Waals surface area contributed by atoms with E-state index < -0.39 is 37.9 Å². The smallest absolute Gasteiger partial charge is 0.187 e. The van der Waals surface area contributed by atoms with E-state index in [1.807, 2.05) is 0 Å². The average molecular weight is 264 g/mol. The lowest BCUT2D eigenvalue weighted by Crippen LogP contribution is -2.10. The molecule has 0 aliphatic rings. The summed E-state index contributed by atoms with van der Waals surface area (Å²) in [6, 6.07) is 0.653. The Morgan fingerprint density at radius 2 is 1.88 bits per heavy atom. The van der Waals surface area contributed by atoms with Crippen molar-refractivity contribution in [2.45, 2.75) is 11.8 Å². The number of methoxy groups -OCH3 is 1. The molecule has 0 aromatic heterocycles. The number of ether oxygens (including phenoxy) is 1. The molecule has 1 rings (SSSR count). The highest BCUT2D eigenvalue weighted by Crippen LogP contribution is 2.31. The number of hydrogen-bond donors (Lipinski definition) is 0. The molecule has 94 valence electrons. The van der Waals surface area contributed by atoms with Gasteiger partial charge in [-0.2, -0.15) is 0 Å². The van der Waals surface area contributed by atoms with E-state index in [9.17, 15) is 22.0 Å². The first-order valence-corrected chi connectivity index (χ1v) is 6.36. The zero-order valence-corrected chi connectivity index (χ0v) is 10.2. The third kappa shape index (κ3) is 2.44. The van der Waals surface area contributed by atoms with Crippen LogP contribution >= 0.6 is 0 Å². The molecule has 0 fully saturated rings. The number of Topliss-reactive ketones (excluding diaryl/α,β-unsaturated/α-hetero) is 1. The lowest BCUT2D eigenvalue weighted by Gasteiger charge is -2.11. The molecule has 0 N–H and O–H groups in total. The summed E-state index contributed by atoms with van der Waals surface area (Å²) in [6.07, 6.45) is 0.668. The van der Waals surface area contributed by atoms with Crippen LogP contribution in [0.1, 0.15) is 17.3 Å². The topological polar surface area (TPSA) is 60.4 Å². The van der Waals surface area contributed by atoms with Gasteiger partial charge in [-0.1, -0.05) is 0 Å². The number of benzene rings is 1. The third-order valence-corrected chi connectivity index (χ3v) is 3.20. The van der Waals surface area contributed by atoms with E-state index in [0.717, 1.165) is 14.0 Å². The lowest BCUT2D eigenvalue weighted by molar-refractivity contribution is 0.101. The van der Waals surface area contributed by atoms with Crippen molar-refractivity contribution in [1.82, 2.24) is 0 Å². The number of ketones is 1. The molecule has 1 aromatic rings. The minimum absolute atomic E-state index is 0.338. The summed E-state index contributed by atoms with van der Waals surface area (Å²) in [6.45, 7) is 1.09. The molecule has 0 heterocycles. The minimum Gasteiger partial charge on any atom is -0.493 e. The molecule has 17 heavy (non-hydrogen) atoms. The summed E-state index contributed by atoms with van der Waals surface area (Å²) in [4.78, 5) is 10.0. The second-order valence-electron chi connectivity index (χ2n) is 3.41. The van der Waals surface area contributed by atoms with E-state index in [2.05, 4.69) is 4.74 Å². The van der Waals surface area contributed by atoms with Gasteiger partial charge in [0.25, 0.3) is 0 Å². The number of hydrogen-bond acceptors (Lipinski definition) is 4. The Balaban J connectivity index is 3.77. The molecule has 0 spiro atoms. The van der Waals surface area contributed by atoms with Gasteiger partial charge in [0.15, 0.2) is 27.2 Å². The van der Waals surface area contributed by atoms with Gasteiger partial charge < -0.3 is 4.74 Å². The van der Waals surface area contributed by atoms with Crippen molar-refractivity contribution in [3.8, 4) is 5.75 Å². The summed E-state index contributed by atoms with van der Waals surface area (Å²) in [5.41, 5.74) is -0.338. The molecule has 0 radical (unpaired) electrons. The first-order chi connectivity index (χ1) is 7.70. The van der Waals surface area contributed by atoms with Gasteiger partial charge in [0.2, 0.25) is 0 Å². The summed E-state index contributed by atoms with van der Waals surface area (Å²) in [7, 11) is -3.02. The van der Waals surface area contributed by atoms with Crippen LogP contribution < -0.4 is 4.74 Å². The molecule has 1 aromatic carbocycles. The van der Waals surface area contributed by atoms with Gasteiger partial charge in [0, 0.05) is 6.26 Å². The Labute approximate surface area is 97.1 Å². The minimum atomic E-state index is -4.08. The standard InChI is InChI=1S/C10H10F2O4S/c1-5(13)6-4-7(11)10(17(3,14)15)8(12)9(6)16-2/h4H,1-3H3. The van der Waals surface area contributed by atoms with Crippen molar-refractivity contribution in [2.75, 3.05) is 13.4 Å². The zero-order chi connectivity index (χ0) is 13.4. The Morgan fingerprint density at radius 3 is 2.24 bits per heavy atom. The monoisotopic (exact) mass is 264 g/mol. The molecule has 4 nitrogen and oxygen atoms in total. The summed E-state index contributed by atoms with van der Waals surface area (Å²) in [5.74, 6) is -3.89. The predicted molar refractivity (Wildman–Crippen MR) is 56.0 cm³/mol. The number of rotatable bonds is 3. The SMILES string of the molecule is COc1c(C(C)=O)cc(F)c(S(C)(=O)=O)c1F. The number of carbonyl (C=O) groups is 1. The van der Waals surface area contributed by atoms with Crippen LogP contribution in [0.15, 0.2) is 11.0 Å². The number of sulfone groups is 1. The maximum absolute atomic E-state index is 13.8. The van der Waals surface area contributed by atoms with Crippen LogP contribution in [0, 0.1) is 11.6 Å². The van der Waals surface area contributed by atoms with E-state index in [-0.39, 0.29) is 5.56 Å². The van der Waals surface area contributed by atoms with Crippen molar-refractivity contribution < 1.29 is 26.7 Å². The normalized spacial score (nSPS) is 11.4. The van der Waals surface area contributed by atoms with Crippen molar-refractivity contribution in [3.05, 3.63) is 23.3 Å². The molecule has 0 bridgehead atoms. The van der Waals surface area contributed by atoms with Gasteiger partial charge in [-0.25, -0.2) is 17.2 Å². The third-order valence-electron chi connectivity index (χ3n) is 2.09. The highest BCUT2D eigenvalue weighted by molar-refractivity contribution is 7.90. The average Bonchev–Trinajstić information content (AvgIpc) is 2.14. The van der Waals surface area contributed by atoms with Crippen molar-refractivity contribution in [1.29, 1.82) is 0 Å². The van der Waals surface area contributed by atoms with Crippen molar-refractivity contribution in [3.63, 3.8) is 0 Å². The van der Waals surface area contributed by atoms with Crippen LogP contribution in [0.2, 0.25) is 0 Å². The molecular formula is C10H10F2O4S. The quantitative estimate of drug-likeness (QED) is 0.778. The summed E-state index contributed by atoms with van der Waals surface area (Å²) >= 11 is 0. The van der Waals surface area contributed by atoms with Gasteiger partial charge in [0.05, 0.1) is 12.7 Å². The zero-order valence-electron chi connectivity index (χ0n) is 9.37. The molecule has 0 aliphatic carbocycles. The van der Waals surface area contributed by atoms with Crippen LogP contribution in [0.25, 0.3) is 0 Å². The van der Waals surface area contributed by atoms with Crippen molar-refractivity contribution in [2.24, 2.45) is 0 Å². The first-order valence-electron chi connectivity index (χ1n) is 4.47. The fraction of sp³-hybridized carbons (Fsp3) is 0.300. The molecule has 0 saturated carbocycles. The fourth-order valence-electron chi connectivity index (χ4n) is 1.38. The first kappa shape index (κ1) is 13.6. The van der Waals surface area contributed by atoms with Gasteiger partial charge in [-0.05, 0) is 13.0 Å². The van der Waals surface area contributed by atoms with Gasteiger partial charge >= 0.3 is 0 Å². The van der Waals surface area contributed by atoms with E-state index in [4.69, 9.17) is 0 Å². The number of carbonyl (C=O) groups excluding carboxylic acids is 1. The Hall–Kier alpha value is -1.50. The Morgan fingerprint density at radius 1 is 1.35 bits per heavy atom. The molecule has 0 aliphatic heterocycles. The lowest BCUT2D eigenvalue weighted by atomic mass is 10.1. The maximum Gasteiger partial charge on any atom is 0.187 e. The van der Waals surface area contributed by atoms with E-state index in [0.29, 0.717) is 12.3 Å². The molecule has 0 atom stereocenters.